The van der Waals surface area contributed by atoms with E-state index in [4.69, 9.17) is 0 Å². The molecule has 1 fully saturated rings. The number of hydrogen-bond donors (Lipinski definition) is 1. The second-order valence-corrected chi connectivity index (χ2v) is 9.44. The van der Waals surface area contributed by atoms with E-state index < -0.39 is 10.0 Å². The fraction of sp³-hybridized carbons (Fsp3) is 0.500. The van der Waals surface area contributed by atoms with Gasteiger partial charge in [0.25, 0.3) is 5.91 Å². The lowest BCUT2D eigenvalue weighted by atomic mass is 10.1. The van der Waals surface area contributed by atoms with Crippen LogP contribution in [-0.2, 0) is 23.1 Å². The molecular formula is C20H29N5O3S. The predicted octanol–water partition coefficient (Wildman–Crippen LogP) is 1.17. The van der Waals surface area contributed by atoms with E-state index in [1.807, 2.05) is 35.0 Å². The molecule has 1 aromatic heterocycles. The fourth-order valence-electron chi connectivity index (χ4n) is 3.40. The Balaban J connectivity index is 1.46. The molecule has 1 N–H and O–H groups in total. The number of benzene rings is 1. The van der Waals surface area contributed by atoms with Gasteiger partial charge in [-0.2, -0.15) is 4.31 Å². The van der Waals surface area contributed by atoms with E-state index in [1.54, 1.807) is 23.8 Å². The third-order valence-corrected chi connectivity index (χ3v) is 7.00. The van der Waals surface area contributed by atoms with E-state index in [0.29, 0.717) is 44.8 Å². The van der Waals surface area contributed by atoms with Crippen molar-refractivity contribution in [1.29, 1.82) is 0 Å². The Hall–Kier alpha value is -2.23. The molecule has 1 amide bonds. The summed E-state index contributed by atoms with van der Waals surface area (Å²) in [6.45, 7) is 6.25. The lowest BCUT2D eigenvalue weighted by Crippen LogP contribution is -2.48. The van der Waals surface area contributed by atoms with Gasteiger partial charge in [-0.15, -0.1) is 0 Å². The van der Waals surface area contributed by atoms with Crippen LogP contribution in [0, 0.1) is 0 Å². The number of amides is 1. The fourth-order valence-corrected chi connectivity index (χ4v) is 4.49. The molecule has 2 heterocycles. The van der Waals surface area contributed by atoms with Gasteiger partial charge >= 0.3 is 0 Å². The molecule has 29 heavy (non-hydrogen) atoms. The molecular weight excluding hydrogens is 390 g/mol. The molecule has 0 aliphatic carbocycles. The number of nitrogens with one attached hydrogen (secondary N) is 1. The molecule has 0 unspecified atom stereocenters. The quantitative estimate of drug-likeness (QED) is 0.617. The second kappa shape index (κ2) is 10.00. The third kappa shape index (κ3) is 6.12. The highest BCUT2D eigenvalue weighted by molar-refractivity contribution is 7.89. The van der Waals surface area contributed by atoms with Crippen LogP contribution in [0.15, 0.2) is 43.0 Å². The second-order valence-electron chi connectivity index (χ2n) is 7.19. The van der Waals surface area contributed by atoms with Crippen LogP contribution in [0.5, 0.6) is 0 Å². The molecule has 0 saturated carbocycles. The first kappa shape index (κ1) is 21.5. The summed E-state index contributed by atoms with van der Waals surface area (Å²) >= 11 is 0. The van der Waals surface area contributed by atoms with Crippen molar-refractivity contribution < 1.29 is 13.2 Å². The van der Waals surface area contributed by atoms with Crippen molar-refractivity contribution in [3.05, 3.63) is 54.1 Å². The summed E-state index contributed by atoms with van der Waals surface area (Å²) in [7, 11) is -3.11. The first-order valence-electron chi connectivity index (χ1n) is 10.0. The summed E-state index contributed by atoms with van der Waals surface area (Å²) < 4.78 is 27.5. The van der Waals surface area contributed by atoms with Crippen LogP contribution in [0.3, 0.4) is 0 Å². The van der Waals surface area contributed by atoms with Gasteiger partial charge in [-0.1, -0.05) is 12.1 Å². The van der Waals surface area contributed by atoms with Crippen LogP contribution < -0.4 is 5.32 Å². The van der Waals surface area contributed by atoms with Crippen molar-refractivity contribution in [2.45, 2.75) is 26.4 Å². The molecule has 0 atom stereocenters. The van der Waals surface area contributed by atoms with E-state index in [9.17, 15) is 13.2 Å². The standard InChI is InChI=1S/C20H29N5O3S/c1-2-29(27,28)25-13-11-23(12-14-25)16-18-5-3-6-19(15-18)20(26)22-7-4-9-24-10-8-21-17-24/h3,5-6,8,10,15,17H,2,4,7,9,11-14,16H2,1H3,(H,22,26). The highest BCUT2D eigenvalue weighted by atomic mass is 32.2. The number of sulfonamides is 1. The zero-order valence-corrected chi connectivity index (χ0v) is 17.6. The summed E-state index contributed by atoms with van der Waals surface area (Å²) in [5.41, 5.74) is 1.71. The van der Waals surface area contributed by atoms with Crippen molar-refractivity contribution >= 4 is 15.9 Å². The molecule has 1 saturated heterocycles. The van der Waals surface area contributed by atoms with Gasteiger partial charge in [-0.3, -0.25) is 9.69 Å². The van der Waals surface area contributed by atoms with Crippen LogP contribution in [0.1, 0.15) is 29.3 Å². The van der Waals surface area contributed by atoms with Crippen molar-refractivity contribution in [1.82, 2.24) is 24.1 Å². The minimum Gasteiger partial charge on any atom is -0.352 e. The van der Waals surface area contributed by atoms with Crippen LogP contribution in [0.25, 0.3) is 0 Å². The average molecular weight is 420 g/mol. The predicted molar refractivity (Wildman–Crippen MR) is 112 cm³/mol. The van der Waals surface area contributed by atoms with Gasteiger partial charge < -0.3 is 9.88 Å². The molecule has 158 valence electrons. The van der Waals surface area contributed by atoms with Gasteiger partial charge in [0.05, 0.1) is 12.1 Å². The highest BCUT2D eigenvalue weighted by Gasteiger charge is 2.25. The Labute approximate surface area is 172 Å². The first-order valence-corrected chi connectivity index (χ1v) is 11.6. The minimum atomic E-state index is -3.11. The molecule has 1 aromatic carbocycles. The molecule has 3 rings (SSSR count). The van der Waals surface area contributed by atoms with Gasteiger partial charge in [0.1, 0.15) is 0 Å². The van der Waals surface area contributed by atoms with Crippen LogP contribution in [-0.4, -0.2) is 71.6 Å². The summed E-state index contributed by atoms with van der Waals surface area (Å²) in [6, 6.07) is 7.64. The van der Waals surface area contributed by atoms with Gasteiger partial charge in [0.2, 0.25) is 10.0 Å². The maximum Gasteiger partial charge on any atom is 0.251 e. The molecule has 2 aromatic rings. The Morgan fingerprint density at radius 3 is 2.69 bits per heavy atom. The number of aromatic nitrogens is 2. The van der Waals surface area contributed by atoms with Crippen LogP contribution in [0.4, 0.5) is 0 Å². The van der Waals surface area contributed by atoms with E-state index in [1.165, 1.54) is 0 Å². The van der Waals surface area contributed by atoms with Crippen molar-refractivity contribution in [2.75, 3.05) is 38.5 Å². The van der Waals surface area contributed by atoms with Crippen molar-refractivity contribution in [3.8, 4) is 0 Å². The molecule has 9 heteroatoms. The third-order valence-electron chi connectivity index (χ3n) is 5.12. The molecule has 1 aliphatic heterocycles. The Morgan fingerprint density at radius 2 is 2.00 bits per heavy atom. The summed E-state index contributed by atoms with van der Waals surface area (Å²) in [5.74, 6) is 0.0725. The molecule has 0 bridgehead atoms. The Bertz CT molecular complexity index is 891. The maximum absolute atomic E-state index is 12.4. The number of nitrogens with zero attached hydrogens (tertiary/aromatic N) is 4. The number of carbonyl (C=O) groups is 1. The van der Waals surface area contributed by atoms with E-state index >= 15 is 0 Å². The average Bonchev–Trinajstić information content (AvgIpc) is 3.25. The number of rotatable bonds is 9. The lowest BCUT2D eigenvalue weighted by Gasteiger charge is -2.33. The number of hydrogen-bond acceptors (Lipinski definition) is 5. The van der Waals surface area contributed by atoms with Gasteiger partial charge in [-0.05, 0) is 31.0 Å². The molecule has 0 radical (unpaired) electrons. The Kier molecular flexibility index (Phi) is 7.40. The summed E-state index contributed by atoms with van der Waals surface area (Å²) in [6.07, 6.45) is 6.25. The topological polar surface area (TPSA) is 87.5 Å². The molecule has 8 nitrogen and oxygen atoms in total. The van der Waals surface area contributed by atoms with Gasteiger partial charge in [-0.25, -0.2) is 13.4 Å². The summed E-state index contributed by atoms with van der Waals surface area (Å²) in [5, 5.41) is 2.96. The number of carbonyl (C=O) groups excluding carboxylic acids is 1. The zero-order chi connectivity index (χ0) is 20.7. The first-order chi connectivity index (χ1) is 14.0. The highest BCUT2D eigenvalue weighted by Crippen LogP contribution is 2.13. The summed E-state index contributed by atoms with van der Waals surface area (Å²) in [4.78, 5) is 18.6. The molecule has 0 spiro atoms. The van der Waals surface area contributed by atoms with Crippen molar-refractivity contribution in [3.63, 3.8) is 0 Å². The normalized spacial score (nSPS) is 16.0. The number of aryl methyl sites for hydroxylation is 1. The van der Waals surface area contributed by atoms with Crippen LogP contribution >= 0.6 is 0 Å². The lowest BCUT2D eigenvalue weighted by molar-refractivity contribution is 0.0952. The number of piperazine rings is 1. The van der Waals surface area contributed by atoms with E-state index in [0.717, 1.165) is 18.5 Å². The largest absolute Gasteiger partial charge is 0.352 e. The SMILES string of the molecule is CCS(=O)(=O)N1CCN(Cc2cccc(C(=O)NCCCn3ccnc3)c2)CC1. The van der Waals surface area contributed by atoms with Crippen molar-refractivity contribution in [2.24, 2.45) is 0 Å². The zero-order valence-electron chi connectivity index (χ0n) is 16.8. The number of imidazole rings is 1. The van der Waals surface area contributed by atoms with E-state index in [-0.39, 0.29) is 11.7 Å². The van der Waals surface area contributed by atoms with Gasteiger partial charge in [0, 0.05) is 63.8 Å². The molecule has 1 aliphatic rings. The van der Waals surface area contributed by atoms with Gasteiger partial charge in [0.15, 0.2) is 0 Å². The van der Waals surface area contributed by atoms with E-state index in [2.05, 4.69) is 15.2 Å². The minimum absolute atomic E-state index is 0.0728. The smallest absolute Gasteiger partial charge is 0.251 e. The maximum atomic E-state index is 12.4. The Morgan fingerprint density at radius 1 is 1.21 bits per heavy atom. The monoisotopic (exact) mass is 419 g/mol. The van der Waals surface area contributed by atoms with Crippen LogP contribution in [0.2, 0.25) is 0 Å².